The van der Waals surface area contributed by atoms with E-state index in [0.29, 0.717) is 6.42 Å². The van der Waals surface area contributed by atoms with Gasteiger partial charge in [-0.2, -0.15) is 0 Å². The SMILES string of the molecule is CCC(C)C(=O)C1Cc2cc(Br)ccc2O1. The monoisotopic (exact) mass is 282 g/mol. The fourth-order valence-electron chi connectivity index (χ4n) is 1.89. The number of carbonyl (C=O) groups excluding carboxylic acids is 1. The molecular formula is C13H15BrO2. The molecule has 86 valence electrons. The molecule has 0 fully saturated rings. The van der Waals surface area contributed by atoms with Crippen LogP contribution < -0.4 is 4.74 Å². The molecule has 1 aliphatic heterocycles. The van der Waals surface area contributed by atoms with Gasteiger partial charge in [-0.25, -0.2) is 0 Å². The van der Waals surface area contributed by atoms with Gasteiger partial charge in [-0.05, 0) is 30.2 Å². The molecule has 1 aromatic rings. The minimum Gasteiger partial charge on any atom is -0.482 e. The Bertz CT molecular complexity index is 414. The Morgan fingerprint density at radius 2 is 2.38 bits per heavy atom. The molecule has 0 amide bonds. The van der Waals surface area contributed by atoms with Crippen LogP contribution in [0.3, 0.4) is 0 Å². The number of ketones is 1. The van der Waals surface area contributed by atoms with Gasteiger partial charge in [-0.1, -0.05) is 29.8 Å². The predicted octanol–water partition coefficient (Wildman–Crippen LogP) is 3.37. The lowest BCUT2D eigenvalue weighted by molar-refractivity contribution is -0.128. The van der Waals surface area contributed by atoms with E-state index in [9.17, 15) is 4.79 Å². The summed E-state index contributed by atoms with van der Waals surface area (Å²) in [5.74, 6) is 1.16. The Morgan fingerprint density at radius 3 is 3.06 bits per heavy atom. The van der Waals surface area contributed by atoms with Crippen LogP contribution in [0.4, 0.5) is 0 Å². The second-order valence-corrected chi connectivity index (χ2v) is 5.19. The Kier molecular flexibility index (Phi) is 3.33. The van der Waals surface area contributed by atoms with Crippen LogP contribution in [0.1, 0.15) is 25.8 Å². The summed E-state index contributed by atoms with van der Waals surface area (Å²) in [7, 11) is 0. The first kappa shape index (κ1) is 11.6. The molecule has 2 nitrogen and oxygen atoms in total. The van der Waals surface area contributed by atoms with Gasteiger partial charge in [0.15, 0.2) is 11.9 Å². The van der Waals surface area contributed by atoms with Gasteiger partial charge < -0.3 is 4.74 Å². The Labute approximate surface area is 104 Å². The molecule has 1 aromatic carbocycles. The number of benzene rings is 1. The Balaban J connectivity index is 2.14. The average Bonchev–Trinajstić information content (AvgIpc) is 2.69. The topological polar surface area (TPSA) is 26.3 Å². The molecule has 0 spiro atoms. The number of carbonyl (C=O) groups is 1. The Hall–Kier alpha value is -0.830. The van der Waals surface area contributed by atoms with Crippen LogP contribution in [0.25, 0.3) is 0 Å². The predicted molar refractivity (Wildman–Crippen MR) is 66.7 cm³/mol. The van der Waals surface area contributed by atoms with E-state index in [2.05, 4.69) is 15.9 Å². The number of hydrogen-bond acceptors (Lipinski definition) is 2. The first-order valence-corrected chi connectivity index (χ1v) is 6.40. The molecule has 1 heterocycles. The zero-order chi connectivity index (χ0) is 11.7. The molecule has 2 atom stereocenters. The minimum atomic E-state index is -0.278. The third-order valence-electron chi connectivity index (χ3n) is 3.11. The molecule has 3 heteroatoms. The second kappa shape index (κ2) is 4.58. The molecule has 16 heavy (non-hydrogen) atoms. The number of hydrogen-bond donors (Lipinski definition) is 0. The van der Waals surface area contributed by atoms with Gasteiger partial charge in [0, 0.05) is 16.8 Å². The fourth-order valence-corrected chi connectivity index (χ4v) is 2.30. The van der Waals surface area contributed by atoms with Crippen molar-refractivity contribution in [1.82, 2.24) is 0 Å². The van der Waals surface area contributed by atoms with E-state index < -0.39 is 0 Å². The van der Waals surface area contributed by atoms with Gasteiger partial charge in [-0.3, -0.25) is 4.79 Å². The summed E-state index contributed by atoms with van der Waals surface area (Å²) in [6.45, 7) is 3.99. The highest BCUT2D eigenvalue weighted by Gasteiger charge is 2.31. The number of Topliss-reactive ketones (excluding diaryl/α,β-unsaturated/α-hetero) is 1. The van der Waals surface area contributed by atoms with E-state index in [1.165, 1.54) is 0 Å². The van der Waals surface area contributed by atoms with E-state index in [0.717, 1.165) is 22.2 Å². The summed E-state index contributed by atoms with van der Waals surface area (Å²) in [6, 6.07) is 5.89. The van der Waals surface area contributed by atoms with Crippen molar-refractivity contribution >= 4 is 21.7 Å². The summed E-state index contributed by atoms with van der Waals surface area (Å²) >= 11 is 3.42. The van der Waals surface area contributed by atoms with Crippen molar-refractivity contribution in [1.29, 1.82) is 0 Å². The number of ether oxygens (including phenoxy) is 1. The zero-order valence-electron chi connectivity index (χ0n) is 9.50. The van der Waals surface area contributed by atoms with Crippen molar-refractivity contribution in [3.63, 3.8) is 0 Å². The first-order chi connectivity index (χ1) is 7.61. The van der Waals surface area contributed by atoms with E-state index >= 15 is 0 Å². The van der Waals surface area contributed by atoms with Gasteiger partial charge in [0.2, 0.25) is 0 Å². The highest BCUT2D eigenvalue weighted by Crippen LogP contribution is 2.32. The van der Waals surface area contributed by atoms with Crippen molar-refractivity contribution in [2.45, 2.75) is 32.8 Å². The molecule has 0 N–H and O–H groups in total. The highest BCUT2D eigenvalue weighted by atomic mass is 79.9. The average molecular weight is 283 g/mol. The molecule has 0 aromatic heterocycles. The molecule has 0 aliphatic carbocycles. The summed E-state index contributed by atoms with van der Waals surface area (Å²) in [5.41, 5.74) is 1.12. The van der Waals surface area contributed by atoms with E-state index in [1.54, 1.807) is 0 Å². The standard InChI is InChI=1S/C13H15BrO2/c1-3-8(2)13(15)12-7-9-6-10(14)4-5-11(9)16-12/h4-6,8,12H,3,7H2,1-2H3. The highest BCUT2D eigenvalue weighted by molar-refractivity contribution is 9.10. The molecular weight excluding hydrogens is 268 g/mol. The van der Waals surface area contributed by atoms with Gasteiger partial charge in [-0.15, -0.1) is 0 Å². The van der Waals surface area contributed by atoms with Gasteiger partial charge >= 0.3 is 0 Å². The van der Waals surface area contributed by atoms with Crippen LogP contribution in [-0.4, -0.2) is 11.9 Å². The maximum Gasteiger partial charge on any atom is 0.176 e. The molecule has 0 saturated heterocycles. The lowest BCUT2D eigenvalue weighted by Crippen LogP contribution is -2.30. The van der Waals surface area contributed by atoms with Crippen LogP contribution in [0.2, 0.25) is 0 Å². The molecule has 0 bridgehead atoms. The number of rotatable bonds is 3. The van der Waals surface area contributed by atoms with Crippen molar-refractivity contribution in [3.8, 4) is 5.75 Å². The van der Waals surface area contributed by atoms with E-state index in [4.69, 9.17) is 4.74 Å². The lowest BCUT2D eigenvalue weighted by atomic mass is 9.96. The zero-order valence-corrected chi connectivity index (χ0v) is 11.1. The van der Waals surface area contributed by atoms with E-state index in [1.807, 2.05) is 32.0 Å². The van der Waals surface area contributed by atoms with E-state index in [-0.39, 0.29) is 17.8 Å². The smallest absolute Gasteiger partial charge is 0.176 e. The third-order valence-corrected chi connectivity index (χ3v) is 3.61. The second-order valence-electron chi connectivity index (χ2n) is 4.27. The van der Waals surface area contributed by atoms with Crippen LogP contribution in [0, 0.1) is 5.92 Å². The molecule has 0 saturated carbocycles. The maximum absolute atomic E-state index is 12.0. The minimum absolute atomic E-state index is 0.0859. The number of fused-ring (bicyclic) bond motifs is 1. The normalized spacial score (nSPS) is 20.1. The summed E-state index contributed by atoms with van der Waals surface area (Å²) in [4.78, 5) is 12.0. The largest absolute Gasteiger partial charge is 0.482 e. The Morgan fingerprint density at radius 1 is 1.62 bits per heavy atom. The summed E-state index contributed by atoms with van der Waals surface area (Å²) in [5, 5.41) is 0. The fraction of sp³-hybridized carbons (Fsp3) is 0.462. The summed E-state index contributed by atoms with van der Waals surface area (Å²) < 4.78 is 6.71. The van der Waals surface area contributed by atoms with Crippen molar-refractivity contribution in [3.05, 3.63) is 28.2 Å². The van der Waals surface area contributed by atoms with Crippen LogP contribution >= 0.6 is 15.9 Å². The molecule has 2 unspecified atom stereocenters. The van der Waals surface area contributed by atoms with Crippen molar-refractivity contribution in [2.24, 2.45) is 5.92 Å². The molecule has 2 rings (SSSR count). The van der Waals surface area contributed by atoms with Crippen molar-refractivity contribution in [2.75, 3.05) is 0 Å². The van der Waals surface area contributed by atoms with Crippen molar-refractivity contribution < 1.29 is 9.53 Å². The number of halogens is 1. The molecule has 0 radical (unpaired) electrons. The van der Waals surface area contributed by atoms with Gasteiger partial charge in [0.1, 0.15) is 5.75 Å². The van der Waals surface area contributed by atoms with Gasteiger partial charge in [0.25, 0.3) is 0 Å². The first-order valence-electron chi connectivity index (χ1n) is 5.60. The van der Waals surface area contributed by atoms with Crippen LogP contribution in [0.15, 0.2) is 22.7 Å². The third kappa shape index (κ3) is 2.14. The summed E-state index contributed by atoms with van der Waals surface area (Å²) in [6.07, 6.45) is 1.30. The maximum atomic E-state index is 12.0. The van der Waals surface area contributed by atoms with Gasteiger partial charge in [0.05, 0.1) is 0 Å². The van der Waals surface area contributed by atoms with Crippen LogP contribution in [0.5, 0.6) is 5.75 Å². The quantitative estimate of drug-likeness (QED) is 0.850. The van der Waals surface area contributed by atoms with Crippen LogP contribution in [-0.2, 0) is 11.2 Å². The lowest BCUT2D eigenvalue weighted by Gasteiger charge is -2.13. The molecule has 1 aliphatic rings.